The molecular formula is C19H31NOS. The van der Waals surface area contributed by atoms with Gasteiger partial charge >= 0.3 is 0 Å². The molecule has 22 heavy (non-hydrogen) atoms. The molecule has 124 valence electrons. The highest BCUT2D eigenvalue weighted by molar-refractivity contribution is 7.98. The fourth-order valence-corrected chi connectivity index (χ4v) is 3.53. The molecule has 2 rings (SSSR count). The summed E-state index contributed by atoms with van der Waals surface area (Å²) in [5.74, 6) is 0. The summed E-state index contributed by atoms with van der Waals surface area (Å²) in [6.07, 6.45) is 2.06. The summed E-state index contributed by atoms with van der Waals surface area (Å²) in [6, 6.07) is 9.11. The summed E-state index contributed by atoms with van der Waals surface area (Å²) < 4.78 is 9.63. The van der Waals surface area contributed by atoms with Crippen molar-refractivity contribution in [1.82, 2.24) is 4.72 Å². The van der Waals surface area contributed by atoms with Crippen LogP contribution in [-0.4, -0.2) is 18.0 Å². The second-order valence-electron chi connectivity index (χ2n) is 8.34. The molecule has 0 aliphatic carbocycles. The van der Waals surface area contributed by atoms with Crippen LogP contribution in [0.15, 0.2) is 24.3 Å². The smallest absolute Gasteiger partial charge is 0.0575 e. The first-order valence-electron chi connectivity index (χ1n) is 8.26. The quantitative estimate of drug-likeness (QED) is 0.789. The normalized spacial score (nSPS) is 19.2. The van der Waals surface area contributed by atoms with Crippen LogP contribution in [0.4, 0.5) is 0 Å². The molecule has 0 amide bonds. The maximum atomic E-state index is 5.63. The SMILES string of the molecule is CC(C)(C)SNC1(c2cccc(C(C)(C)C)c2)CCOCC1. The van der Waals surface area contributed by atoms with Crippen LogP contribution < -0.4 is 4.72 Å². The maximum absolute atomic E-state index is 5.63. The monoisotopic (exact) mass is 321 g/mol. The van der Waals surface area contributed by atoms with E-state index in [1.54, 1.807) is 0 Å². The van der Waals surface area contributed by atoms with Gasteiger partial charge in [0.1, 0.15) is 0 Å². The van der Waals surface area contributed by atoms with E-state index in [9.17, 15) is 0 Å². The lowest BCUT2D eigenvalue weighted by atomic mass is 9.79. The van der Waals surface area contributed by atoms with Gasteiger partial charge in [0.05, 0.1) is 5.54 Å². The largest absolute Gasteiger partial charge is 0.381 e. The Balaban J connectivity index is 2.33. The Bertz CT molecular complexity index is 493. The highest BCUT2D eigenvalue weighted by atomic mass is 32.2. The number of hydrogen-bond acceptors (Lipinski definition) is 3. The second kappa shape index (κ2) is 6.54. The van der Waals surface area contributed by atoms with Crippen molar-refractivity contribution in [3.05, 3.63) is 35.4 Å². The van der Waals surface area contributed by atoms with E-state index < -0.39 is 0 Å². The summed E-state index contributed by atoms with van der Waals surface area (Å²) >= 11 is 1.84. The summed E-state index contributed by atoms with van der Waals surface area (Å²) in [5.41, 5.74) is 3.01. The second-order valence-corrected chi connectivity index (χ2v) is 9.97. The number of hydrogen-bond donors (Lipinski definition) is 1. The lowest BCUT2D eigenvalue weighted by Crippen LogP contribution is -2.45. The third kappa shape index (κ3) is 4.50. The Labute approximate surface area is 140 Å². The topological polar surface area (TPSA) is 21.3 Å². The molecule has 0 spiro atoms. The van der Waals surface area contributed by atoms with E-state index in [0.29, 0.717) is 0 Å². The minimum absolute atomic E-state index is 0.0253. The first-order chi connectivity index (χ1) is 10.1. The molecule has 0 atom stereocenters. The minimum atomic E-state index is 0.0253. The standard InChI is InChI=1S/C19H31NOS/c1-17(2,3)15-8-7-9-16(14-15)19(10-12-21-13-11-19)20-22-18(4,5)6/h7-9,14,20H,10-13H2,1-6H3. The zero-order valence-corrected chi connectivity index (χ0v) is 15.8. The molecule has 0 aromatic heterocycles. The van der Waals surface area contributed by atoms with Gasteiger partial charge < -0.3 is 4.74 Å². The lowest BCUT2D eigenvalue weighted by Gasteiger charge is -2.40. The molecule has 1 aliphatic rings. The van der Waals surface area contributed by atoms with E-state index in [-0.39, 0.29) is 15.7 Å². The minimum Gasteiger partial charge on any atom is -0.381 e. The van der Waals surface area contributed by atoms with E-state index in [1.165, 1.54) is 11.1 Å². The number of rotatable bonds is 3. The van der Waals surface area contributed by atoms with Crippen molar-refractivity contribution in [1.29, 1.82) is 0 Å². The van der Waals surface area contributed by atoms with Crippen LogP contribution in [0.25, 0.3) is 0 Å². The van der Waals surface area contributed by atoms with Crippen LogP contribution in [0.5, 0.6) is 0 Å². The van der Waals surface area contributed by atoms with Gasteiger partial charge in [-0.3, -0.25) is 4.72 Å². The van der Waals surface area contributed by atoms with Crippen molar-refractivity contribution >= 4 is 11.9 Å². The molecule has 1 aromatic carbocycles. The fraction of sp³-hybridized carbons (Fsp3) is 0.684. The third-order valence-electron chi connectivity index (χ3n) is 4.18. The van der Waals surface area contributed by atoms with Gasteiger partial charge in [0, 0.05) is 18.0 Å². The van der Waals surface area contributed by atoms with Crippen LogP contribution in [-0.2, 0) is 15.7 Å². The Hall–Kier alpha value is -0.510. The van der Waals surface area contributed by atoms with Crippen molar-refractivity contribution in [3.63, 3.8) is 0 Å². The zero-order valence-electron chi connectivity index (χ0n) is 15.0. The van der Waals surface area contributed by atoms with Crippen molar-refractivity contribution in [2.75, 3.05) is 13.2 Å². The maximum Gasteiger partial charge on any atom is 0.0575 e. The molecule has 1 saturated heterocycles. The first-order valence-corrected chi connectivity index (χ1v) is 9.08. The molecule has 0 bridgehead atoms. The summed E-state index contributed by atoms with van der Waals surface area (Å²) in [7, 11) is 0. The number of benzene rings is 1. The zero-order chi connectivity index (χ0) is 16.4. The van der Waals surface area contributed by atoms with Gasteiger partial charge in [-0.25, -0.2) is 0 Å². The Morgan fingerprint density at radius 2 is 1.68 bits per heavy atom. The van der Waals surface area contributed by atoms with Gasteiger partial charge in [0.2, 0.25) is 0 Å². The predicted molar refractivity (Wildman–Crippen MR) is 97.4 cm³/mol. The van der Waals surface area contributed by atoms with Gasteiger partial charge in [0.25, 0.3) is 0 Å². The van der Waals surface area contributed by atoms with Crippen LogP contribution in [0.1, 0.15) is 65.5 Å². The van der Waals surface area contributed by atoms with E-state index in [2.05, 4.69) is 70.5 Å². The van der Waals surface area contributed by atoms with Gasteiger partial charge in [-0.2, -0.15) is 0 Å². The van der Waals surface area contributed by atoms with E-state index >= 15 is 0 Å². The average molecular weight is 322 g/mol. The molecule has 1 heterocycles. The Kier molecular flexibility index (Phi) is 5.31. The molecule has 0 radical (unpaired) electrons. The van der Waals surface area contributed by atoms with Crippen LogP contribution in [0, 0.1) is 0 Å². The molecule has 1 N–H and O–H groups in total. The van der Waals surface area contributed by atoms with Crippen LogP contribution >= 0.6 is 11.9 Å². The van der Waals surface area contributed by atoms with Crippen LogP contribution in [0.3, 0.4) is 0 Å². The summed E-state index contributed by atoms with van der Waals surface area (Å²) in [6.45, 7) is 15.3. The third-order valence-corrected chi connectivity index (χ3v) is 5.29. The molecule has 0 saturated carbocycles. The van der Waals surface area contributed by atoms with E-state index in [1.807, 2.05) is 11.9 Å². The average Bonchev–Trinajstić information content (AvgIpc) is 2.45. The molecule has 2 nitrogen and oxygen atoms in total. The molecule has 1 aromatic rings. The van der Waals surface area contributed by atoms with Crippen molar-refractivity contribution in [3.8, 4) is 0 Å². The Morgan fingerprint density at radius 3 is 2.23 bits per heavy atom. The number of ether oxygens (including phenoxy) is 1. The molecule has 0 unspecified atom stereocenters. The fourth-order valence-electron chi connectivity index (χ4n) is 2.70. The van der Waals surface area contributed by atoms with Gasteiger partial charge in [0.15, 0.2) is 0 Å². The van der Waals surface area contributed by atoms with Crippen molar-refractivity contribution < 1.29 is 4.74 Å². The number of nitrogens with one attached hydrogen (secondary N) is 1. The molecule has 3 heteroatoms. The Morgan fingerprint density at radius 1 is 1.05 bits per heavy atom. The summed E-state index contributed by atoms with van der Waals surface area (Å²) in [5, 5.41) is 0. The molecule has 1 fully saturated rings. The lowest BCUT2D eigenvalue weighted by molar-refractivity contribution is 0.0468. The predicted octanol–water partition coefficient (Wildman–Crippen LogP) is 5.03. The van der Waals surface area contributed by atoms with Crippen LogP contribution in [0.2, 0.25) is 0 Å². The van der Waals surface area contributed by atoms with Gasteiger partial charge in [-0.1, -0.05) is 57.0 Å². The van der Waals surface area contributed by atoms with Gasteiger partial charge in [-0.15, -0.1) is 0 Å². The van der Waals surface area contributed by atoms with Gasteiger partial charge in [-0.05, 0) is 50.2 Å². The van der Waals surface area contributed by atoms with Crippen molar-refractivity contribution in [2.24, 2.45) is 0 Å². The molecule has 1 aliphatic heterocycles. The highest BCUT2D eigenvalue weighted by Gasteiger charge is 2.36. The highest BCUT2D eigenvalue weighted by Crippen LogP contribution is 2.38. The summed E-state index contributed by atoms with van der Waals surface area (Å²) in [4.78, 5) is 0. The first kappa shape index (κ1) is 17.8. The van der Waals surface area contributed by atoms with E-state index in [4.69, 9.17) is 4.74 Å². The van der Waals surface area contributed by atoms with E-state index in [0.717, 1.165) is 26.1 Å². The van der Waals surface area contributed by atoms with Crippen molar-refractivity contribution in [2.45, 2.75) is 70.1 Å². The molecular weight excluding hydrogens is 290 g/mol.